The van der Waals surface area contributed by atoms with Gasteiger partial charge in [-0.3, -0.25) is 14.4 Å². The minimum absolute atomic E-state index is 0.0714. The number of aromatic nitrogens is 1. The van der Waals surface area contributed by atoms with Crippen LogP contribution in [0.1, 0.15) is 29.8 Å². The number of nitrogens with zero attached hydrogens (tertiary/aromatic N) is 1. The molecule has 3 N–H and O–H groups in total. The summed E-state index contributed by atoms with van der Waals surface area (Å²) in [6, 6.07) is 32.9. The number of amides is 3. The summed E-state index contributed by atoms with van der Waals surface area (Å²) in [4.78, 5) is 44.8. The summed E-state index contributed by atoms with van der Waals surface area (Å²) in [6.07, 6.45) is 1.61. The smallest absolute Gasteiger partial charge is 0.272 e. The van der Waals surface area contributed by atoms with Crippen molar-refractivity contribution >= 4 is 57.7 Å². The molecule has 0 aliphatic carbocycles. The van der Waals surface area contributed by atoms with Gasteiger partial charge in [0.05, 0.1) is 17.6 Å². The fourth-order valence-electron chi connectivity index (χ4n) is 4.32. The van der Waals surface area contributed by atoms with E-state index in [9.17, 15) is 14.4 Å². The SMILES string of the molecule is CCOc1ccc(/C=C(/NC(=O)c2ccccc2)C(=O)Nc2cccc(SC(C)C(=O)Nc3nc(-c4ccccc4)cs3)c2)cc1. The van der Waals surface area contributed by atoms with Crippen molar-refractivity contribution in [2.75, 3.05) is 17.2 Å². The molecule has 0 aliphatic rings. The summed E-state index contributed by atoms with van der Waals surface area (Å²) in [5, 5.41) is 10.5. The van der Waals surface area contributed by atoms with Crippen LogP contribution in [0.3, 0.4) is 0 Å². The first kappa shape index (κ1) is 32.2. The minimum atomic E-state index is -0.496. The van der Waals surface area contributed by atoms with Crippen LogP contribution < -0.4 is 20.7 Å². The van der Waals surface area contributed by atoms with E-state index in [1.807, 2.05) is 73.8 Å². The van der Waals surface area contributed by atoms with Crippen LogP contribution in [0.2, 0.25) is 0 Å². The van der Waals surface area contributed by atoms with E-state index in [0.29, 0.717) is 34.3 Å². The first-order valence-electron chi connectivity index (χ1n) is 14.6. The molecule has 0 spiro atoms. The van der Waals surface area contributed by atoms with Crippen LogP contribution in [-0.4, -0.2) is 34.6 Å². The first-order chi connectivity index (χ1) is 22.4. The van der Waals surface area contributed by atoms with E-state index >= 15 is 0 Å². The summed E-state index contributed by atoms with van der Waals surface area (Å²) in [5.41, 5.74) is 3.51. The molecule has 0 saturated heterocycles. The Labute approximate surface area is 275 Å². The van der Waals surface area contributed by atoms with Gasteiger partial charge in [-0.15, -0.1) is 23.1 Å². The molecule has 232 valence electrons. The highest BCUT2D eigenvalue weighted by molar-refractivity contribution is 8.00. The molecular weight excluding hydrogens is 617 g/mol. The molecule has 3 amide bonds. The van der Waals surface area contributed by atoms with E-state index in [4.69, 9.17) is 4.74 Å². The molecular formula is C36H32N4O4S2. The maximum Gasteiger partial charge on any atom is 0.272 e. The molecule has 1 unspecified atom stereocenters. The molecule has 1 atom stereocenters. The Bertz CT molecular complexity index is 1820. The molecule has 0 saturated carbocycles. The van der Waals surface area contributed by atoms with Crippen LogP contribution in [0, 0.1) is 0 Å². The predicted octanol–water partition coefficient (Wildman–Crippen LogP) is 7.74. The molecule has 1 aromatic heterocycles. The molecule has 1 heterocycles. The quantitative estimate of drug-likeness (QED) is 0.0944. The van der Waals surface area contributed by atoms with E-state index in [-0.39, 0.29) is 11.6 Å². The molecule has 0 radical (unpaired) electrons. The second-order valence-electron chi connectivity index (χ2n) is 10.0. The van der Waals surface area contributed by atoms with Gasteiger partial charge in [-0.2, -0.15) is 0 Å². The normalized spacial score (nSPS) is 11.7. The number of nitrogens with one attached hydrogen (secondary N) is 3. The van der Waals surface area contributed by atoms with Crippen molar-refractivity contribution in [3.05, 3.63) is 131 Å². The van der Waals surface area contributed by atoms with Gasteiger partial charge < -0.3 is 20.7 Å². The van der Waals surface area contributed by atoms with Crippen molar-refractivity contribution in [1.82, 2.24) is 10.3 Å². The molecule has 5 rings (SSSR count). The van der Waals surface area contributed by atoms with Crippen molar-refractivity contribution in [2.45, 2.75) is 24.0 Å². The van der Waals surface area contributed by atoms with Gasteiger partial charge in [0.25, 0.3) is 11.8 Å². The van der Waals surface area contributed by atoms with Crippen LogP contribution in [0.15, 0.2) is 125 Å². The third-order valence-electron chi connectivity index (χ3n) is 6.61. The van der Waals surface area contributed by atoms with Crippen molar-refractivity contribution in [3.8, 4) is 17.0 Å². The standard InChI is InChI=1S/C36H32N4O4S2/c1-3-44-29-19-17-25(18-20-29)21-31(38-34(42)27-13-8-5-9-14-27)35(43)37-28-15-10-16-30(22-28)46-24(2)33(41)40-36-39-32(23-45-36)26-11-6-4-7-12-26/h4-24H,3H2,1-2H3,(H,37,43)(H,38,42)(H,39,40,41)/b31-21+. The minimum Gasteiger partial charge on any atom is -0.494 e. The Hall–Kier alpha value is -5.19. The van der Waals surface area contributed by atoms with Gasteiger partial charge in [-0.05, 0) is 68.0 Å². The Morgan fingerprint density at radius 1 is 0.891 bits per heavy atom. The lowest BCUT2D eigenvalue weighted by molar-refractivity contribution is -0.115. The van der Waals surface area contributed by atoms with E-state index in [0.717, 1.165) is 16.2 Å². The number of hydrogen-bond acceptors (Lipinski definition) is 7. The van der Waals surface area contributed by atoms with Gasteiger partial charge in [0.1, 0.15) is 11.4 Å². The molecule has 8 nitrogen and oxygen atoms in total. The summed E-state index contributed by atoms with van der Waals surface area (Å²) < 4.78 is 5.52. The summed E-state index contributed by atoms with van der Waals surface area (Å²) in [5.74, 6) is -0.380. The summed E-state index contributed by atoms with van der Waals surface area (Å²) >= 11 is 2.73. The second kappa shape index (κ2) is 15.7. The summed E-state index contributed by atoms with van der Waals surface area (Å²) in [7, 11) is 0. The maximum atomic E-state index is 13.5. The van der Waals surface area contributed by atoms with Gasteiger partial charge in [-0.1, -0.05) is 66.7 Å². The molecule has 10 heteroatoms. The highest BCUT2D eigenvalue weighted by Crippen LogP contribution is 2.29. The van der Waals surface area contributed by atoms with Crippen molar-refractivity contribution in [2.24, 2.45) is 0 Å². The zero-order valence-electron chi connectivity index (χ0n) is 25.2. The number of benzene rings is 4. The molecule has 0 fully saturated rings. The van der Waals surface area contributed by atoms with Crippen molar-refractivity contribution < 1.29 is 19.1 Å². The van der Waals surface area contributed by atoms with Crippen molar-refractivity contribution in [1.29, 1.82) is 0 Å². The lowest BCUT2D eigenvalue weighted by Crippen LogP contribution is -2.30. The Morgan fingerprint density at radius 2 is 1.61 bits per heavy atom. The number of carbonyl (C=O) groups is 3. The van der Waals surface area contributed by atoms with E-state index in [2.05, 4.69) is 20.9 Å². The molecule has 46 heavy (non-hydrogen) atoms. The topological polar surface area (TPSA) is 109 Å². The zero-order chi connectivity index (χ0) is 32.3. The highest BCUT2D eigenvalue weighted by Gasteiger charge is 2.18. The zero-order valence-corrected chi connectivity index (χ0v) is 26.9. The van der Waals surface area contributed by atoms with Crippen LogP contribution in [-0.2, 0) is 9.59 Å². The lowest BCUT2D eigenvalue weighted by atomic mass is 10.1. The number of hydrogen-bond donors (Lipinski definition) is 3. The van der Waals surface area contributed by atoms with Crippen LogP contribution in [0.25, 0.3) is 17.3 Å². The Kier molecular flexibility index (Phi) is 11.0. The molecule has 0 aliphatic heterocycles. The number of anilines is 2. The van der Waals surface area contributed by atoms with E-state index < -0.39 is 17.1 Å². The van der Waals surface area contributed by atoms with E-state index in [1.54, 1.807) is 60.7 Å². The Morgan fingerprint density at radius 3 is 2.33 bits per heavy atom. The molecule has 0 bridgehead atoms. The number of thioether (sulfide) groups is 1. The molecule has 5 aromatic rings. The van der Waals surface area contributed by atoms with Crippen LogP contribution in [0.4, 0.5) is 10.8 Å². The number of thiazole rings is 1. The van der Waals surface area contributed by atoms with Crippen LogP contribution in [0.5, 0.6) is 5.75 Å². The fourth-order valence-corrected chi connectivity index (χ4v) is 5.97. The average Bonchev–Trinajstić information content (AvgIpc) is 3.55. The number of ether oxygens (including phenoxy) is 1. The second-order valence-corrected chi connectivity index (χ2v) is 12.3. The van der Waals surface area contributed by atoms with Gasteiger partial charge >= 0.3 is 0 Å². The van der Waals surface area contributed by atoms with Crippen LogP contribution >= 0.6 is 23.1 Å². The third kappa shape index (κ3) is 8.93. The highest BCUT2D eigenvalue weighted by atomic mass is 32.2. The lowest BCUT2D eigenvalue weighted by Gasteiger charge is -2.14. The van der Waals surface area contributed by atoms with Crippen molar-refractivity contribution in [3.63, 3.8) is 0 Å². The third-order valence-corrected chi connectivity index (χ3v) is 8.46. The van der Waals surface area contributed by atoms with Gasteiger partial charge in [0, 0.05) is 27.1 Å². The Balaban J connectivity index is 1.26. The first-order valence-corrected chi connectivity index (χ1v) is 16.3. The molecule has 4 aromatic carbocycles. The largest absolute Gasteiger partial charge is 0.494 e. The monoisotopic (exact) mass is 648 g/mol. The number of carbonyl (C=O) groups excluding carboxylic acids is 3. The van der Waals surface area contributed by atoms with Gasteiger partial charge in [0.2, 0.25) is 5.91 Å². The van der Waals surface area contributed by atoms with Gasteiger partial charge in [0.15, 0.2) is 5.13 Å². The average molecular weight is 649 g/mol. The van der Waals surface area contributed by atoms with Gasteiger partial charge in [-0.25, -0.2) is 4.98 Å². The number of rotatable bonds is 12. The van der Waals surface area contributed by atoms with E-state index in [1.165, 1.54) is 23.1 Å². The summed E-state index contributed by atoms with van der Waals surface area (Å²) in [6.45, 7) is 4.26. The fraction of sp³-hybridized carbons (Fsp3) is 0.111. The predicted molar refractivity (Wildman–Crippen MR) is 186 cm³/mol. The maximum absolute atomic E-state index is 13.5.